The fourth-order valence-electron chi connectivity index (χ4n) is 1.93. The molecule has 0 atom stereocenters. The number of carbonyl (C=O) groups excluding carboxylic acids is 1. The molecule has 0 saturated carbocycles. The molecule has 1 heterocycles. The average Bonchev–Trinajstić information content (AvgIpc) is 2.48. The quantitative estimate of drug-likeness (QED) is 0.702. The van der Waals surface area contributed by atoms with Gasteiger partial charge in [0.2, 0.25) is 0 Å². The molecule has 1 amide bonds. The molecule has 6 heteroatoms. The second kappa shape index (κ2) is 4.15. The third-order valence-electron chi connectivity index (χ3n) is 2.76. The molecule has 0 aliphatic carbocycles. The van der Waals surface area contributed by atoms with Crippen LogP contribution in [0.1, 0.15) is 20.8 Å². The predicted octanol–water partition coefficient (Wildman–Crippen LogP) is 1.28. The fraction of sp³-hybridized carbons (Fsp3) is 0.385. The highest BCUT2D eigenvalue weighted by molar-refractivity contribution is 5.91. The van der Waals surface area contributed by atoms with Crippen molar-refractivity contribution in [2.24, 2.45) is 7.05 Å². The van der Waals surface area contributed by atoms with Gasteiger partial charge in [-0.05, 0) is 39.0 Å². The second-order valence-corrected chi connectivity index (χ2v) is 5.61. The lowest BCUT2D eigenvalue weighted by molar-refractivity contribution is 0.233. The molecule has 6 nitrogen and oxygen atoms in total. The standard InChI is InChI=1S/C13H18N4O2/c1-13(2,3)15-11(18)17-10-7-8(14)5-6-9(10)16(4)12(17)19/h5-7H,14H2,1-4H3,(H,15,18). The number of anilines is 1. The fourth-order valence-corrected chi connectivity index (χ4v) is 1.93. The minimum atomic E-state index is -0.450. The van der Waals surface area contributed by atoms with Gasteiger partial charge in [-0.1, -0.05) is 0 Å². The number of aromatic nitrogens is 2. The van der Waals surface area contributed by atoms with Crippen molar-refractivity contribution in [1.82, 2.24) is 14.5 Å². The molecule has 1 aromatic heterocycles. The molecule has 0 bridgehead atoms. The van der Waals surface area contributed by atoms with E-state index < -0.39 is 11.6 Å². The number of nitrogens with one attached hydrogen (secondary N) is 1. The predicted molar refractivity (Wildman–Crippen MR) is 75.3 cm³/mol. The number of benzene rings is 1. The summed E-state index contributed by atoms with van der Waals surface area (Å²) in [6, 6.07) is 4.60. The van der Waals surface area contributed by atoms with E-state index in [2.05, 4.69) is 5.32 Å². The number of hydrogen-bond acceptors (Lipinski definition) is 3. The van der Waals surface area contributed by atoms with Crippen LogP contribution in [0, 0.1) is 0 Å². The van der Waals surface area contributed by atoms with Gasteiger partial charge < -0.3 is 11.1 Å². The van der Waals surface area contributed by atoms with Crippen LogP contribution in [0.2, 0.25) is 0 Å². The van der Waals surface area contributed by atoms with Gasteiger partial charge in [-0.3, -0.25) is 4.57 Å². The molecule has 0 unspecified atom stereocenters. The minimum Gasteiger partial charge on any atom is -0.399 e. The van der Waals surface area contributed by atoms with E-state index in [1.165, 1.54) is 4.57 Å². The van der Waals surface area contributed by atoms with Gasteiger partial charge in [-0.25, -0.2) is 14.2 Å². The summed E-state index contributed by atoms with van der Waals surface area (Å²) in [7, 11) is 1.63. The summed E-state index contributed by atoms with van der Waals surface area (Å²) in [5.41, 5.74) is 6.61. The number of amides is 1. The number of carbonyl (C=O) groups is 1. The summed E-state index contributed by atoms with van der Waals surface area (Å²) in [5, 5.41) is 2.77. The first-order chi connectivity index (χ1) is 8.70. The lowest BCUT2D eigenvalue weighted by Gasteiger charge is -2.20. The summed E-state index contributed by atoms with van der Waals surface area (Å²) >= 11 is 0. The maximum Gasteiger partial charge on any atom is 0.337 e. The molecule has 0 spiro atoms. The zero-order valence-electron chi connectivity index (χ0n) is 11.5. The SMILES string of the molecule is Cn1c(=O)n(C(=O)NC(C)(C)C)c2cc(N)ccc21. The van der Waals surface area contributed by atoms with Crippen LogP contribution >= 0.6 is 0 Å². The lowest BCUT2D eigenvalue weighted by Crippen LogP contribution is -2.46. The van der Waals surface area contributed by atoms with Gasteiger partial charge in [0.1, 0.15) is 0 Å². The number of aryl methyl sites for hydroxylation is 1. The van der Waals surface area contributed by atoms with Crippen molar-refractivity contribution < 1.29 is 4.79 Å². The maximum absolute atomic E-state index is 12.2. The van der Waals surface area contributed by atoms with Gasteiger partial charge in [0.15, 0.2) is 0 Å². The molecule has 0 fully saturated rings. The van der Waals surface area contributed by atoms with E-state index in [4.69, 9.17) is 5.73 Å². The zero-order valence-corrected chi connectivity index (χ0v) is 11.5. The summed E-state index contributed by atoms with van der Waals surface area (Å²) in [5.74, 6) is 0. The maximum atomic E-state index is 12.2. The molecule has 1 aromatic carbocycles. The summed E-state index contributed by atoms with van der Waals surface area (Å²) in [6.07, 6.45) is 0. The Labute approximate surface area is 110 Å². The molecule has 3 N–H and O–H groups in total. The zero-order chi connectivity index (χ0) is 14.4. The minimum absolute atomic E-state index is 0.387. The molecule has 0 saturated heterocycles. The first-order valence-electron chi connectivity index (χ1n) is 6.00. The molecule has 0 aliphatic rings. The normalized spacial score (nSPS) is 11.8. The first kappa shape index (κ1) is 13.2. The number of fused-ring (bicyclic) bond motifs is 1. The topological polar surface area (TPSA) is 82.0 Å². The molecule has 2 rings (SSSR count). The van der Waals surface area contributed by atoms with E-state index in [1.807, 2.05) is 20.8 Å². The van der Waals surface area contributed by atoms with Gasteiger partial charge in [0, 0.05) is 18.3 Å². The van der Waals surface area contributed by atoms with Crippen molar-refractivity contribution in [3.8, 4) is 0 Å². The Morgan fingerprint density at radius 1 is 1.26 bits per heavy atom. The van der Waals surface area contributed by atoms with Crippen molar-refractivity contribution in [3.05, 3.63) is 28.7 Å². The molecule has 2 aromatic rings. The summed E-state index contributed by atoms with van der Waals surface area (Å²) in [4.78, 5) is 24.4. The van der Waals surface area contributed by atoms with Gasteiger partial charge in [-0.2, -0.15) is 0 Å². The molecule has 0 aliphatic heterocycles. The van der Waals surface area contributed by atoms with Crippen molar-refractivity contribution in [1.29, 1.82) is 0 Å². The molecule has 19 heavy (non-hydrogen) atoms. The van der Waals surface area contributed by atoms with Crippen LogP contribution in [0.3, 0.4) is 0 Å². The summed E-state index contributed by atoms with van der Waals surface area (Å²) in [6.45, 7) is 5.57. The Bertz CT molecular complexity index is 704. The van der Waals surface area contributed by atoms with Crippen molar-refractivity contribution in [2.75, 3.05) is 5.73 Å². The largest absolute Gasteiger partial charge is 0.399 e. The third kappa shape index (κ3) is 2.33. The van der Waals surface area contributed by atoms with Crippen LogP contribution in [0.15, 0.2) is 23.0 Å². The van der Waals surface area contributed by atoms with Crippen LogP contribution in [-0.2, 0) is 7.05 Å². The highest BCUT2D eigenvalue weighted by Crippen LogP contribution is 2.16. The van der Waals surface area contributed by atoms with Crippen molar-refractivity contribution >= 4 is 22.8 Å². The molecular weight excluding hydrogens is 244 g/mol. The highest BCUT2D eigenvalue weighted by Gasteiger charge is 2.20. The summed E-state index contributed by atoms with van der Waals surface area (Å²) < 4.78 is 2.54. The van der Waals surface area contributed by atoms with Crippen molar-refractivity contribution in [3.63, 3.8) is 0 Å². The number of hydrogen-bond donors (Lipinski definition) is 2. The van der Waals surface area contributed by atoms with Crippen LogP contribution in [-0.4, -0.2) is 20.7 Å². The Balaban J connectivity index is 2.66. The molecule has 0 radical (unpaired) electrons. The van der Waals surface area contributed by atoms with Gasteiger partial charge >= 0.3 is 11.7 Å². The van der Waals surface area contributed by atoms with E-state index in [1.54, 1.807) is 25.2 Å². The lowest BCUT2D eigenvalue weighted by atomic mass is 10.1. The number of nitrogens with two attached hydrogens (primary N) is 1. The van der Waals surface area contributed by atoms with Crippen LogP contribution in [0.5, 0.6) is 0 Å². The van der Waals surface area contributed by atoms with E-state index in [0.717, 1.165) is 4.57 Å². The number of imidazole rings is 1. The Morgan fingerprint density at radius 2 is 1.89 bits per heavy atom. The first-order valence-corrected chi connectivity index (χ1v) is 6.00. The van der Waals surface area contributed by atoms with E-state index in [9.17, 15) is 9.59 Å². The second-order valence-electron chi connectivity index (χ2n) is 5.61. The van der Waals surface area contributed by atoms with Crippen LogP contribution in [0.4, 0.5) is 10.5 Å². The van der Waals surface area contributed by atoms with Gasteiger partial charge in [-0.15, -0.1) is 0 Å². The highest BCUT2D eigenvalue weighted by atomic mass is 16.2. The third-order valence-corrected chi connectivity index (χ3v) is 2.76. The Hall–Kier alpha value is -2.24. The van der Waals surface area contributed by atoms with Crippen LogP contribution in [0.25, 0.3) is 11.0 Å². The number of nitrogens with zero attached hydrogens (tertiary/aromatic N) is 2. The number of nitrogen functional groups attached to an aromatic ring is 1. The van der Waals surface area contributed by atoms with Crippen molar-refractivity contribution in [2.45, 2.75) is 26.3 Å². The monoisotopic (exact) mass is 262 g/mol. The average molecular weight is 262 g/mol. The van der Waals surface area contributed by atoms with E-state index >= 15 is 0 Å². The molecule has 102 valence electrons. The van der Waals surface area contributed by atoms with E-state index in [0.29, 0.717) is 16.7 Å². The Morgan fingerprint density at radius 3 is 2.47 bits per heavy atom. The molecular formula is C13H18N4O2. The number of rotatable bonds is 0. The Kier molecular flexibility index (Phi) is 2.88. The smallest absolute Gasteiger partial charge is 0.337 e. The van der Waals surface area contributed by atoms with Gasteiger partial charge in [0.25, 0.3) is 0 Å². The van der Waals surface area contributed by atoms with Gasteiger partial charge in [0.05, 0.1) is 11.0 Å². The van der Waals surface area contributed by atoms with Crippen LogP contribution < -0.4 is 16.7 Å². The van der Waals surface area contributed by atoms with E-state index in [-0.39, 0.29) is 5.69 Å².